The Labute approximate surface area is 103 Å². The number of carboxylic acid groups (broad SMARTS) is 1. The Morgan fingerprint density at radius 2 is 1.88 bits per heavy atom. The highest BCUT2D eigenvalue weighted by molar-refractivity contribution is 5.66. The van der Waals surface area contributed by atoms with Crippen molar-refractivity contribution in [3.63, 3.8) is 0 Å². The van der Waals surface area contributed by atoms with Crippen LogP contribution >= 0.6 is 0 Å². The van der Waals surface area contributed by atoms with Gasteiger partial charge < -0.3 is 10.4 Å². The summed E-state index contributed by atoms with van der Waals surface area (Å²) in [6.07, 6.45) is 0.171. The summed E-state index contributed by atoms with van der Waals surface area (Å²) in [5.41, 5.74) is 2.54. The van der Waals surface area contributed by atoms with Crippen molar-refractivity contribution in [1.29, 1.82) is 0 Å². The average molecular weight is 235 g/mol. The number of nitrogens with one attached hydrogen (secondary N) is 1. The number of benzene rings is 1. The van der Waals surface area contributed by atoms with E-state index < -0.39 is 5.97 Å². The Bertz CT molecular complexity index is 368. The van der Waals surface area contributed by atoms with E-state index in [2.05, 4.69) is 50.4 Å². The lowest BCUT2D eigenvalue weighted by Crippen LogP contribution is -2.34. The Morgan fingerprint density at radius 1 is 1.29 bits per heavy atom. The Hall–Kier alpha value is -1.35. The minimum absolute atomic E-state index is 0.0200. The fourth-order valence-electron chi connectivity index (χ4n) is 1.70. The molecule has 0 amide bonds. The largest absolute Gasteiger partial charge is 0.481 e. The number of hydrogen-bond acceptors (Lipinski definition) is 2. The van der Waals surface area contributed by atoms with Crippen molar-refractivity contribution in [2.24, 2.45) is 0 Å². The molecule has 3 nitrogen and oxygen atoms in total. The Morgan fingerprint density at radius 3 is 2.41 bits per heavy atom. The van der Waals surface area contributed by atoms with Crippen LogP contribution in [0.4, 0.5) is 0 Å². The van der Waals surface area contributed by atoms with Gasteiger partial charge >= 0.3 is 5.97 Å². The maximum atomic E-state index is 10.4. The fourth-order valence-corrected chi connectivity index (χ4v) is 1.70. The van der Waals surface area contributed by atoms with Crippen LogP contribution in [-0.2, 0) is 10.2 Å². The summed E-state index contributed by atoms with van der Waals surface area (Å²) in [4.78, 5) is 10.4. The first-order chi connectivity index (χ1) is 7.92. The monoisotopic (exact) mass is 235 g/mol. The third-order valence-corrected chi connectivity index (χ3v) is 2.92. The van der Waals surface area contributed by atoms with Crippen molar-refractivity contribution >= 4 is 5.97 Å². The van der Waals surface area contributed by atoms with Crippen LogP contribution in [-0.4, -0.2) is 24.2 Å². The molecule has 94 valence electrons. The first-order valence-corrected chi connectivity index (χ1v) is 5.91. The van der Waals surface area contributed by atoms with E-state index in [9.17, 15) is 4.79 Å². The number of hydrogen-bond donors (Lipinski definition) is 2. The molecule has 0 heterocycles. The maximum Gasteiger partial charge on any atom is 0.304 e. The van der Waals surface area contributed by atoms with Crippen molar-refractivity contribution in [3.8, 4) is 0 Å². The van der Waals surface area contributed by atoms with Crippen LogP contribution in [0.25, 0.3) is 0 Å². The number of aliphatic carboxylic acids is 1. The van der Waals surface area contributed by atoms with Crippen molar-refractivity contribution in [2.45, 2.75) is 32.6 Å². The van der Waals surface area contributed by atoms with E-state index in [1.54, 1.807) is 0 Å². The summed E-state index contributed by atoms with van der Waals surface area (Å²) in [6, 6.07) is 8.48. The number of rotatable bonds is 6. The molecule has 0 aliphatic rings. The number of carbonyl (C=O) groups is 1. The molecule has 3 heteroatoms. The second kappa shape index (κ2) is 5.82. The zero-order valence-electron chi connectivity index (χ0n) is 10.8. The number of carboxylic acids is 1. The zero-order chi connectivity index (χ0) is 12.9. The molecule has 0 saturated carbocycles. The predicted octanol–water partition coefficient (Wildman–Crippen LogP) is 2.34. The van der Waals surface area contributed by atoms with Crippen molar-refractivity contribution in [2.75, 3.05) is 13.1 Å². The fraction of sp³-hybridized carbons (Fsp3) is 0.500. The molecule has 0 unspecified atom stereocenters. The topological polar surface area (TPSA) is 49.3 Å². The van der Waals surface area contributed by atoms with E-state index in [1.165, 1.54) is 11.1 Å². The Balaban J connectivity index is 2.50. The molecular weight excluding hydrogens is 214 g/mol. The van der Waals surface area contributed by atoms with Gasteiger partial charge in [0.1, 0.15) is 0 Å². The van der Waals surface area contributed by atoms with E-state index >= 15 is 0 Å². The van der Waals surface area contributed by atoms with Gasteiger partial charge in [-0.3, -0.25) is 4.79 Å². The molecule has 0 spiro atoms. The molecule has 17 heavy (non-hydrogen) atoms. The van der Waals surface area contributed by atoms with Gasteiger partial charge in [0.2, 0.25) is 0 Å². The SMILES string of the molecule is Cc1ccc(C(C)(C)CNCCC(=O)O)cc1. The smallest absolute Gasteiger partial charge is 0.304 e. The average Bonchev–Trinajstić information content (AvgIpc) is 2.25. The molecule has 2 N–H and O–H groups in total. The summed E-state index contributed by atoms with van der Waals surface area (Å²) in [5, 5.41) is 11.7. The van der Waals surface area contributed by atoms with E-state index in [1.807, 2.05) is 0 Å². The molecule has 0 atom stereocenters. The summed E-state index contributed by atoms with van der Waals surface area (Å²) in [5.74, 6) is -0.759. The lowest BCUT2D eigenvalue weighted by atomic mass is 9.84. The standard InChI is InChI=1S/C14H21NO2/c1-11-4-6-12(7-5-11)14(2,3)10-15-9-8-13(16)17/h4-7,15H,8-10H2,1-3H3,(H,16,17). The third kappa shape index (κ3) is 4.57. The van der Waals surface area contributed by atoms with Gasteiger partial charge in [0.15, 0.2) is 0 Å². The highest BCUT2D eigenvalue weighted by Gasteiger charge is 2.19. The van der Waals surface area contributed by atoms with Crippen LogP contribution in [0, 0.1) is 6.92 Å². The van der Waals surface area contributed by atoms with Crippen LogP contribution in [0.15, 0.2) is 24.3 Å². The van der Waals surface area contributed by atoms with Crippen LogP contribution < -0.4 is 5.32 Å². The minimum atomic E-state index is -0.759. The second-order valence-corrected chi connectivity index (χ2v) is 5.07. The summed E-state index contributed by atoms with van der Waals surface area (Å²) in [7, 11) is 0. The van der Waals surface area contributed by atoms with Gasteiger partial charge in [-0.2, -0.15) is 0 Å². The lowest BCUT2D eigenvalue weighted by molar-refractivity contribution is -0.136. The predicted molar refractivity (Wildman–Crippen MR) is 69.3 cm³/mol. The molecule has 0 saturated heterocycles. The molecule has 1 aromatic rings. The molecule has 0 fully saturated rings. The van der Waals surface area contributed by atoms with Gasteiger partial charge in [-0.05, 0) is 12.5 Å². The Kier molecular flexibility index (Phi) is 4.70. The summed E-state index contributed by atoms with van der Waals surface area (Å²) >= 11 is 0. The number of aryl methyl sites for hydroxylation is 1. The summed E-state index contributed by atoms with van der Waals surface area (Å²) < 4.78 is 0. The lowest BCUT2D eigenvalue weighted by Gasteiger charge is -2.25. The molecule has 0 bridgehead atoms. The highest BCUT2D eigenvalue weighted by atomic mass is 16.4. The molecule has 1 aromatic carbocycles. The van der Waals surface area contributed by atoms with E-state index in [0.29, 0.717) is 6.54 Å². The van der Waals surface area contributed by atoms with E-state index in [4.69, 9.17) is 5.11 Å². The van der Waals surface area contributed by atoms with E-state index in [0.717, 1.165) is 6.54 Å². The molecule has 0 radical (unpaired) electrons. The minimum Gasteiger partial charge on any atom is -0.481 e. The van der Waals surface area contributed by atoms with Crippen LogP contribution in [0.5, 0.6) is 0 Å². The molecule has 0 aliphatic heterocycles. The first kappa shape index (κ1) is 13.7. The van der Waals surface area contributed by atoms with Crippen molar-refractivity contribution in [3.05, 3.63) is 35.4 Å². The van der Waals surface area contributed by atoms with Gasteiger partial charge in [0, 0.05) is 18.5 Å². The third-order valence-electron chi connectivity index (χ3n) is 2.92. The molecule has 0 aromatic heterocycles. The van der Waals surface area contributed by atoms with Gasteiger partial charge in [-0.15, -0.1) is 0 Å². The van der Waals surface area contributed by atoms with Crippen LogP contribution in [0.1, 0.15) is 31.4 Å². The van der Waals surface area contributed by atoms with Gasteiger partial charge in [-0.1, -0.05) is 43.7 Å². The van der Waals surface area contributed by atoms with Crippen molar-refractivity contribution < 1.29 is 9.90 Å². The normalized spacial score (nSPS) is 11.5. The molecular formula is C14H21NO2. The van der Waals surface area contributed by atoms with Crippen LogP contribution in [0.2, 0.25) is 0 Å². The highest BCUT2D eigenvalue weighted by Crippen LogP contribution is 2.22. The second-order valence-electron chi connectivity index (χ2n) is 5.07. The van der Waals surface area contributed by atoms with E-state index in [-0.39, 0.29) is 11.8 Å². The maximum absolute atomic E-state index is 10.4. The van der Waals surface area contributed by atoms with Crippen molar-refractivity contribution in [1.82, 2.24) is 5.32 Å². The summed E-state index contributed by atoms with van der Waals surface area (Å²) in [6.45, 7) is 7.69. The molecule has 1 rings (SSSR count). The van der Waals surface area contributed by atoms with Gasteiger partial charge in [0.25, 0.3) is 0 Å². The molecule has 0 aliphatic carbocycles. The van der Waals surface area contributed by atoms with Gasteiger partial charge in [0.05, 0.1) is 6.42 Å². The quantitative estimate of drug-likeness (QED) is 0.744. The zero-order valence-corrected chi connectivity index (χ0v) is 10.8. The van der Waals surface area contributed by atoms with Gasteiger partial charge in [-0.25, -0.2) is 0 Å². The van der Waals surface area contributed by atoms with Crippen LogP contribution in [0.3, 0.4) is 0 Å². The first-order valence-electron chi connectivity index (χ1n) is 5.91.